The van der Waals surface area contributed by atoms with E-state index < -0.39 is 15.9 Å². The molecule has 1 amide bonds. The number of aryl methyl sites for hydroxylation is 1. The number of sulfonamides is 1. The predicted octanol–water partition coefficient (Wildman–Crippen LogP) is 4.21. The molecule has 1 atom stereocenters. The molecule has 0 spiro atoms. The van der Waals surface area contributed by atoms with Crippen molar-refractivity contribution in [2.24, 2.45) is 5.92 Å². The van der Waals surface area contributed by atoms with Crippen molar-refractivity contribution in [3.8, 4) is 17.0 Å². The largest absolute Gasteiger partial charge is 0.495 e. The van der Waals surface area contributed by atoms with E-state index in [4.69, 9.17) is 4.74 Å². The summed E-state index contributed by atoms with van der Waals surface area (Å²) >= 11 is 1.49. The second-order valence-electron chi connectivity index (χ2n) is 8.21. The molecule has 1 fully saturated rings. The van der Waals surface area contributed by atoms with Crippen LogP contribution in [0.5, 0.6) is 5.75 Å². The van der Waals surface area contributed by atoms with E-state index in [-0.39, 0.29) is 17.3 Å². The third kappa shape index (κ3) is 5.08. The van der Waals surface area contributed by atoms with Crippen LogP contribution in [-0.4, -0.2) is 50.9 Å². The molecule has 180 valence electrons. The maximum Gasteiger partial charge on any atom is 0.243 e. The molecule has 3 aromatic rings. The van der Waals surface area contributed by atoms with Gasteiger partial charge in [0.15, 0.2) is 5.13 Å². The summed E-state index contributed by atoms with van der Waals surface area (Å²) in [7, 11) is -0.299. The SMILES string of the molecule is CNc1nc(-c2ccc(OC)c(NC(=O)[C@@H]3CCCN(S(=O)(=O)c4ccc(C)cc4)C3)c2)cs1. The van der Waals surface area contributed by atoms with Crippen molar-refractivity contribution < 1.29 is 17.9 Å². The summed E-state index contributed by atoms with van der Waals surface area (Å²) in [5.74, 6) is -0.160. The van der Waals surface area contributed by atoms with Gasteiger partial charge in [0.05, 0.1) is 29.3 Å². The first-order valence-corrected chi connectivity index (χ1v) is 13.3. The summed E-state index contributed by atoms with van der Waals surface area (Å²) in [4.78, 5) is 17.9. The molecule has 1 aliphatic heterocycles. The van der Waals surface area contributed by atoms with Gasteiger partial charge in [0, 0.05) is 31.1 Å². The van der Waals surface area contributed by atoms with Crippen molar-refractivity contribution in [2.75, 3.05) is 37.9 Å². The molecular formula is C24H28N4O4S2. The molecule has 1 saturated heterocycles. The third-order valence-corrected chi connectivity index (χ3v) is 8.62. The summed E-state index contributed by atoms with van der Waals surface area (Å²) in [6, 6.07) is 12.3. The Morgan fingerprint density at radius 3 is 2.65 bits per heavy atom. The molecule has 2 aromatic carbocycles. The number of piperidine rings is 1. The van der Waals surface area contributed by atoms with E-state index >= 15 is 0 Å². The van der Waals surface area contributed by atoms with Gasteiger partial charge in [0.1, 0.15) is 5.75 Å². The first kappa shape index (κ1) is 24.2. The van der Waals surface area contributed by atoms with E-state index in [2.05, 4.69) is 15.6 Å². The van der Waals surface area contributed by atoms with Gasteiger partial charge in [-0.2, -0.15) is 4.31 Å². The average Bonchev–Trinajstić information content (AvgIpc) is 3.34. The maximum absolute atomic E-state index is 13.2. The summed E-state index contributed by atoms with van der Waals surface area (Å²) in [6.45, 7) is 2.45. The number of ether oxygens (including phenoxy) is 1. The minimum Gasteiger partial charge on any atom is -0.495 e. The minimum absolute atomic E-state index is 0.141. The Morgan fingerprint density at radius 2 is 1.97 bits per heavy atom. The molecule has 1 aromatic heterocycles. The number of amides is 1. The standard InChI is InChI=1S/C24H28N4O4S2/c1-16-6-9-19(10-7-16)34(30,31)28-12-4-5-18(14-28)23(29)26-20-13-17(8-11-22(20)32-3)21-15-33-24(25-2)27-21/h6-11,13,15,18H,4-5,12,14H2,1-3H3,(H,25,27)(H,26,29)/t18-/m1/s1. The normalized spacial score (nSPS) is 16.7. The van der Waals surface area contributed by atoms with Crippen LogP contribution in [0, 0.1) is 12.8 Å². The molecule has 0 bridgehead atoms. The van der Waals surface area contributed by atoms with E-state index in [9.17, 15) is 13.2 Å². The lowest BCUT2D eigenvalue weighted by atomic mass is 9.98. The van der Waals surface area contributed by atoms with Gasteiger partial charge in [0.2, 0.25) is 15.9 Å². The highest BCUT2D eigenvalue weighted by Crippen LogP contribution is 2.33. The Balaban J connectivity index is 1.52. The van der Waals surface area contributed by atoms with Gasteiger partial charge in [-0.05, 0) is 50.1 Å². The summed E-state index contributed by atoms with van der Waals surface area (Å²) in [6.07, 6.45) is 1.23. The molecular weight excluding hydrogens is 472 g/mol. The van der Waals surface area contributed by atoms with Crippen LogP contribution in [0.1, 0.15) is 18.4 Å². The minimum atomic E-state index is -3.66. The zero-order valence-electron chi connectivity index (χ0n) is 19.4. The Kier molecular flexibility index (Phi) is 7.20. The van der Waals surface area contributed by atoms with E-state index in [0.717, 1.165) is 22.0 Å². The lowest BCUT2D eigenvalue weighted by Gasteiger charge is -2.31. The highest BCUT2D eigenvalue weighted by atomic mass is 32.2. The molecule has 0 unspecified atom stereocenters. The Bertz CT molecular complexity index is 1270. The van der Waals surface area contributed by atoms with Gasteiger partial charge < -0.3 is 15.4 Å². The second kappa shape index (κ2) is 10.1. The molecule has 2 N–H and O–H groups in total. The number of rotatable bonds is 7. The first-order chi connectivity index (χ1) is 16.3. The predicted molar refractivity (Wildman–Crippen MR) is 135 cm³/mol. The van der Waals surface area contributed by atoms with Gasteiger partial charge in [0.25, 0.3) is 0 Å². The number of thiazole rings is 1. The van der Waals surface area contributed by atoms with Gasteiger partial charge in [-0.25, -0.2) is 13.4 Å². The third-order valence-electron chi connectivity index (χ3n) is 5.88. The quantitative estimate of drug-likeness (QED) is 0.504. The van der Waals surface area contributed by atoms with Gasteiger partial charge >= 0.3 is 0 Å². The van der Waals surface area contributed by atoms with Crippen LogP contribution in [0.3, 0.4) is 0 Å². The van der Waals surface area contributed by atoms with E-state index in [1.807, 2.05) is 31.5 Å². The Morgan fingerprint density at radius 1 is 1.21 bits per heavy atom. The number of methoxy groups -OCH3 is 1. The fourth-order valence-electron chi connectivity index (χ4n) is 3.95. The summed E-state index contributed by atoms with van der Waals surface area (Å²) in [5.41, 5.74) is 3.16. The van der Waals surface area contributed by atoms with Crippen molar-refractivity contribution in [3.63, 3.8) is 0 Å². The van der Waals surface area contributed by atoms with Crippen molar-refractivity contribution in [3.05, 3.63) is 53.4 Å². The van der Waals surface area contributed by atoms with Crippen molar-refractivity contribution in [1.82, 2.24) is 9.29 Å². The Labute approximate surface area is 204 Å². The molecule has 8 nitrogen and oxygen atoms in total. The van der Waals surface area contributed by atoms with Crippen LogP contribution in [0.4, 0.5) is 10.8 Å². The van der Waals surface area contributed by atoms with Crippen LogP contribution in [-0.2, 0) is 14.8 Å². The highest BCUT2D eigenvalue weighted by molar-refractivity contribution is 7.89. The van der Waals surface area contributed by atoms with Crippen LogP contribution in [0.2, 0.25) is 0 Å². The number of carbonyl (C=O) groups is 1. The van der Waals surface area contributed by atoms with E-state index in [1.165, 1.54) is 15.6 Å². The van der Waals surface area contributed by atoms with Gasteiger partial charge in [-0.3, -0.25) is 4.79 Å². The number of hydrogen-bond donors (Lipinski definition) is 2. The summed E-state index contributed by atoms with van der Waals surface area (Å²) in [5, 5.41) is 8.71. The number of aromatic nitrogens is 1. The first-order valence-electron chi connectivity index (χ1n) is 11.0. The van der Waals surface area contributed by atoms with Crippen molar-refractivity contribution in [1.29, 1.82) is 0 Å². The lowest BCUT2D eigenvalue weighted by molar-refractivity contribution is -0.120. The molecule has 0 radical (unpaired) electrons. The number of anilines is 2. The van der Waals surface area contributed by atoms with Crippen molar-refractivity contribution >= 4 is 38.1 Å². The van der Waals surface area contributed by atoms with Gasteiger partial charge in [-0.15, -0.1) is 11.3 Å². The summed E-state index contributed by atoms with van der Waals surface area (Å²) < 4.78 is 33.1. The van der Waals surface area contributed by atoms with Crippen LogP contribution < -0.4 is 15.4 Å². The second-order valence-corrected chi connectivity index (χ2v) is 11.0. The monoisotopic (exact) mass is 500 g/mol. The van der Waals surface area contributed by atoms with Crippen LogP contribution in [0.15, 0.2) is 52.7 Å². The molecule has 34 heavy (non-hydrogen) atoms. The smallest absolute Gasteiger partial charge is 0.243 e. The van der Waals surface area contributed by atoms with Crippen LogP contribution in [0.25, 0.3) is 11.3 Å². The average molecular weight is 501 g/mol. The zero-order valence-corrected chi connectivity index (χ0v) is 21.0. The number of nitrogens with zero attached hydrogens (tertiary/aromatic N) is 2. The number of carbonyl (C=O) groups excluding carboxylic acids is 1. The van der Waals surface area contributed by atoms with Crippen molar-refractivity contribution in [2.45, 2.75) is 24.7 Å². The zero-order chi connectivity index (χ0) is 24.3. The molecule has 1 aliphatic rings. The molecule has 0 saturated carbocycles. The number of benzene rings is 2. The molecule has 4 rings (SSSR count). The lowest BCUT2D eigenvalue weighted by Crippen LogP contribution is -2.43. The molecule has 0 aliphatic carbocycles. The fourth-order valence-corrected chi connectivity index (χ4v) is 6.16. The number of nitrogens with one attached hydrogen (secondary N) is 2. The molecule has 2 heterocycles. The van der Waals surface area contributed by atoms with E-state index in [1.54, 1.807) is 37.4 Å². The van der Waals surface area contributed by atoms with Crippen LogP contribution >= 0.6 is 11.3 Å². The Hall–Kier alpha value is -2.95. The topological polar surface area (TPSA) is 101 Å². The van der Waals surface area contributed by atoms with E-state index in [0.29, 0.717) is 30.8 Å². The fraction of sp³-hybridized carbons (Fsp3) is 0.333. The highest BCUT2D eigenvalue weighted by Gasteiger charge is 2.33. The van der Waals surface area contributed by atoms with Gasteiger partial charge in [-0.1, -0.05) is 17.7 Å². The maximum atomic E-state index is 13.2. The molecule has 10 heteroatoms. The number of hydrogen-bond acceptors (Lipinski definition) is 7.